The first kappa shape index (κ1) is 23.5. The van der Waals surface area contributed by atoms with Crippen LogP contribution >= 0.6 is 0 Å². The fourth-order valence-electron chi connectivity index (χ4n) is 3.70. The van der Waals surface area contributed by atoms with Gasteiger partial charge >= 0.3 is 5.97 Å². The van der Waals surface area contributed by atoms with Crippen molar-refractivity contribution in [2.75, 3.05) is 20.3 Å². The predicted octanol–water partition coefficient (Wildman–Crippen LogP) is 3.87. The zero-order valence-electron chi connectivity index (χ0n) is 19.1. The lowest BCUT2D eigenvalue weighted by atomic mass is 9.98. The number of esters is 1. The van der Waals surface area contributed by atoms with Crippen molar-refractivity contribution in [1.29, 1.82) is 5.26 Å². The molecule has 0 saturated carbocycles. The highest BCUT2D eigenvalue weighted by Gasteiger charge is 2.33. The van der Waals surface area contributed by atoms with Crippen LogP contribution in [0.4, 0.5) is 0 Å². The van der Waals surface area contributed by atoms with Crippen LogP contribution in [0.25, 0.3) is 0 Å². The third-order valence-corrected chi connectivity index (χ3v) is 5.48. The normalized spacial score (nSPS) is 14.6. The summed E-state index contributed by atoms with van der Waals surface area (Å²) in [6, 6.07) is 25.3. The Morgan fingerprint density at radius 2 is 1.71 bits per heavy atom. The highest BCUT2D eigenvalue weighted by molar-refractivity contribution is 6.03. The van der Waals surface area contributed by atoms with E-state index in [2.05, 4.69) is 5.10 Å². The van der Waals surface area contributed by atoms with E-state index in [1.165, 1.54) is 5.01 Å². The van der Waals surface area contributed by atoms with Crippen LogP contribution in [0.1, 0.15) is 29.2 Å². The molecule has 0 fully saturated rings. The lowest BCUT2D eigenvalue weighted by Crippen LogP contribution is -2.32. The standard InChI is InChI=1S/C27H23N3O5/c1-33-22-13-11-20(12-14-22)24-15-23(19-7-3-2-4-8-19)29-30(24)26(31)17-35-27(32)18-34-25-10-6-5-9-21(25)16-28/h2-14,24H,15,17-18H2,1H3/t24-/m1/s1. The Bertz CT molecular complexity index is 1270. The van der Waals surface area contributed by atoms with Crippen LogP contribution < -0.4 is 9.47 Å². The summed E-state index contributed by atoms with van der Waals surface area (Å²) in [5.41, 5.74) is 2.88. The number of benzene rings is 3. The van der Waals surface area contributed by atoms with Crippen molar-refractivity contribution in [3.63, 3.8) is 0 Å². The summed E-state index contributed by atoms with van der Waals surface area (Å²) in [5, 5.41) is 15.0. The molecule has 0 radical (unpaired) electrons. The average Bonchev–Trinajstić information content (AvgIpc) is 3.37. The molecule has 8 nitrogen and oxygen atoms in total. The quantitative estimate of drug-likeness (QED) is 0.464. The predicted molar refractivity (Wildman–Crippen MR) is 128 cm³/mol. The van der Waals surface area contributed by atoms with Crippen LogP contribution in [0.2, 0.25) is 0 Å². The van der Waals surface area contributed by atoms with Gasteiger partial charge in [-0.1, -0.05) is 54.6 Å². The number of carbonyl (C=O) groups excluding carboxylic acids is 2. The van der Waals surface area contributed by atoms with Gasteiger partial charge in [0.1, 0.15) is 17.6 Å². The van der Waals surface area contributed by atoms with Gasteiger partial charge in [-0.3, -0.25) is 4.79 Å². The first-order chi connectivity index (χ1) is 17.1. The SMILES string of the molecule is COc1ccc([C@H]2CC(c3ccccc3)=NN2C(=O)COC(=O)COc2ccccc2C#N)cc1. The maximum atomic E-state index is 13.0. The summed E-state index contributed by atoms with van der Waals surface area (Å²) in [6.07, 6.45) is 0.518. The first-order valence-corrected chi connectivity index (χ1v) is 11.0. The lowest BCUT2D eigenvalue weighted by molar-refractivity contribution is -0.154. The smallest absolute Gasteiger partial charge is 0.344 e. The molecule has 176 valence electrons. The van der Waals surface area contributed by atoms with Gasteiger partial charge in [0.15, 0.2) is 13.2 Å². The molecule has 0 saturated heterocycles. The number of para-hydroxylation sites is 1. The summed E-state index contributed by atoms with van der Waals surface area (Å²) in [5.74, 6) is -0.198. The summed E-state index contributed by atoms with van der Waals surface area (Å²) < 4.78 is 15.8. The molecule has 1 amide bonds. The number of hydrogen-bond donors (Lipinski definition) is 0. The molecule has 0 unspecified atom stereocenters. The first-order valence-electron chi connectivity index (χ1n) is 11.0. The van der Waals surface area contributed by atoms with E-state index in [1.807, 2.05) is 60.7 Å². The maximum absolute atomic E-state index is 13.0. The Kier molecular flexibility index (Phi) is 7.38. The van der Waals surface area contributed by atoms with Crippen LogP contribution in [0.15, 0.2) is 84.0 Å². The highest BCUT2D eigenvalue weighted by Crippen LogP contribution is 2.33. The number of ether oxygens (including phenoxy) is 3. The Hall–Kier alpha value is -4.64. The van der Waals surface area contributed by atoms with E-state index in [1.54, 1.807) is 31.4 Å². The van der Waals surface area contributed by atoms with Gasteiger partial charge in [-0.25, -0.2) is 9.80 Å². The van der Waals surface area contributed by atoms with Crippen molar-refractivity contribution in [1.82, 2.24) is 5.01 Å². The Morgan fingerprint density at radius 1 is 1.00 bits per heavy atom. The Balaban J connectivity index is 1.44. The second-order valence-electron chi connectivity index (χ2n) is 7.70. The molecular weight excluding hydrogens is 446 g/mol. The second-order valence-corrected chi connectivity index (χ2v) is 7.70. The van der Waals surface area contributed by atoms with Gasteiger partial charge in [-0.05, 0) is 35.4 Å². The van der Waals surface area contributed by atoms with Crippen LogP contribution in [-0.2, 0) is 14.3 Å². The van der Waals surface area contributed by atoms with E-state index in [0.717, 1.165) is 16.8 Å². The molecule has 4 rings (SSSR count). The molecule has 1 aliphatic heterocycles. The summed E-state index contributed by atoms with van der Waals surface area (Å²) >= 11 is 0. The van der Waals surface area contributed by atoms with E-state index >= 15 is 0 Å². The van der Waals surface area contributed by atoms with Gasteiger partial charge in [-0.15, -0.1) is 0 Å². The van der Waals surface area contributed by atoms with Crippen LogP contribution in [0, 0.1) is 11.3 Å². The van der Waals surface area contributed by atoms with E-state index < -0.39 is 25.1 Å². The zero-order chi connectivity index (χ0) is 24.6. The van der Waals surface area contributed by atoms with Crippen molar-refractivity contribution in [3.05, 3.63) is 95.6 Å². The third kappa shape index (κ3) is 5.65. The summed E-state index contributed by atoms with van der Waals surface area (Å²) in [4.78, 5) is 25.2. The van der Waals surface area contributed by atoms with Crippen LogP contribution in [-0.4, -0.2) is 42.9 Å². The zero-order valence-corrected chi connectivity index (χ0v) is 19.1. The molecule has 0 aromatic heterocycles. The molecule has 1 atom stereocenters. The topological polar surface area (TPSA) is 101 Å². The monoisotopic (exact) mass is 469 g/mol. The van der Waals surface area contributed by atoms with Gasteiger partial charge < -0.3 is 14.2 Å². The van der Waals surface area contributed by atoms with E-state index in [9.17, 15) is 9.59 Å². The molecule has 35 heavy (non-hydrogen) atoms. The van der Waals surface area contributed by atoms with Gasteiger partial charge in [-0.2, -0.15) is 10.4 Å². The summed E-state index contributed by atoms with van der Waals surface area (Å²) in [7, 11) is 1.59. The van der Waals surface area contributed by atoms with Gasteiger partial charge in [0.25, 0.3) is 5.91 Å². The molecule has 0 bridgehead atoms. The number of methoxy groups -OCH3 is 1. The minimum atomic E-state index is -0.724. The number of nitriles is 1. The fraction of sp³-hybridized carbons (Fsp3) is 0.185. The molecule has 3 aromatic carbocycles. The van der Waals surface area contributed by atoms with Gasteiger partial charge in [0.2, 0.25) is 0 Å². The van der Waals surface area contributed by atoms with Crippen molar-refractivity contribution in [2.45, 2.75) is 12.5 Å². The Morgan fingerprint density at radius 3 is 2.43 bits per heavy atom. The largest absolute Gasteiger partial charge is 0.497 e. The van der Waals surface area contributed by atoms with Crippen molar-refractivity contribution >= 4 is 17.6 Å². The fourth-order valence-corrected chi connectivity index (χ4v) is 3.70. The van der Waals surface area contributed by atoms with Crippen LogP contribution in [0.5, 0.6) is 11.5 Å². The number of hydrogen-bond acceptors (Lipinski definition) is 7. The summed E-state index contributed by atoms with van der Waals surface area (Å²) in [6.45, 7) is -0.910. The minimum Gasteiger partial charge on any atom is -0.497 e. The van der Waals surface area contributed by atoms with Crippen molar-refractivity contribution in [2.24, 2.45) is 5.10 Å². The van der Waals surface area contributed by atoms with E-state index in [0.29, 0.717) is 17.7 Å². The second kappa shape index (κ2) is 11.0. The number of amides is 1. The maximum Gasteiger partial charge on any atom is 0.344 e. The molecule has 0 spiro atoms. The number of carbonyl (C=O) groups is 2. The number of nitrogens with zero attached hydrogens (tertiary/aromatic N) is 3. The highest BCUT2D eigenvalue weighted by atomic mass is 16.6. The van der Waals surface area contributed by atoms with Crippen molar-refractivity contribution in [3.8, 4) is 17.6 Å². The molecule has 1 heterocycles. The minimum absolute atomic E-state index is 0.273. The van der Waals surface area contributed by atoms with Crippen LogP contribution in [0.3, 0.4) is 0 Å². The van der Waals surface area contributed by atoms with E-state index in [4.69, 9.17) is 19.5 Å². The van der Waals surface area contributed by atoms with Crippen molar-refractivity contribution < 1.29 is 23.8 Å². The van der Waals surface area contributed by atoms with E-state index in [-0.39, 0.29) is 11.8 Å². The molecular formula is C27H23N3O5. The lowest BCUT2D eigenvalue weighted by Gasteiger charge is -2.22. The average molecular weight is 469 g/mol. The molecule has 0 N–H and O–H groups in total. The van der Waals surface area contributed by atoms with Gasteiger partial charge in [0.05, 0.1) is 24.4 Å². The molecule has 0 aliphatic carbocycles. The number of rotatable bonds is 8. The molecule has 1 aliphatic rings. The van der Waals surface area contributed by atoms with Gasteiger partial charge in [0, 0.05) is 6.42 Å². The third-order valence-electron chi connectivity index (χ3n) is 5.48. The number of hydrazone groups is 1. The molecule has 3 aromatic rings. The Labute approximate surface area is 203 Å². The molecule has 8 heteroatoms.